The summed E-state index contributed by atoms with van der Waals surface area (Å²) >= 11 is 0. The van der Waals surface area contributed by atoms with Gasteiger partial charge < -0.3 is 16.2 Å². The standard InChI is InChI=1S/C43H78N2O3/c1-3-5-7-9-11-13-15-17-19-21-23-25-27-29-31-33-42(47)45-40-35-38(37-46)34-39(36-40)41(43(44)48)32-30-28-26-24-22-20-18-16-14-12-10-8-6-4-2/h34-36,41,46H,3-33,37H2,1-2H3,(H2,44,48)(H,45,47). The van der Waals surface area contributed by atoms with E-state index >= 15 is 0 Å². The molecular formula is C43H78N2O3. The largest absolute Gasteiger partial charge is 0.392 e. The van der Waals surface area contributed by atoms with Crippen molar-refractivity contribution in [2.24, 2.45) is 5.73 Å². The predicted molar refractivity (Wildman–Crippen MR) is 207 cm³/mol. The Hall–Kier alpha value is -1.88. The number of nitrogens with two attached hydrogens (primary N) is 1. The van der Waals surface area contributed by atoms with Crippen LogP contribution in [0.25, 0.3) is 0 Å². The first kappa shape index (κ1) is 44.1. The smallest absolute Gasteiger partial charge is 0.224 e. The van der Waals surface area contributed by atoms with E-state index in [1.807, 2.05) is 12.1 Å². The van der Waals surface area contributed by atoms with Crippen molar-refractivity contribution in [1.29, 1.82) is 0 Å². The van der Waals surface area contributed by atoms with E-state index in [1.165, 1.54) is 161 Å². The van der Waals surface area contributed by atoms with Crippen LogP contribution in [0.15, 0.2) is 18.2 Å². The molecule has 0 bridgehead atoms. The van der Waals surface area contributed by atoms with Gasteiger partial charge in [0.15, 0.2) is 0 Å². The van der Waals surface area contributed by atoms with Crippen LogP contribution in [0.1, 0.15) is 230 Å². The second-order valence-electron chi connectivity index (χ2n) is 14.7. The number of amides is 2. The number of anilines is 1. The maximum absolute atomic E-state index is 12.7. The lowest BCUT2D eigenvalue weighted by Crippen LogP contribution is -2.22. The molecular weight excluding hydrogens is 592 g/mol. The Morgan fingerprint density at radius 2 is 0.938 bits per heavy atom. The topological polar surface area (TPSA) is 92.4 Å². The minimum atomic E-state index is -0.403. The number of carbonyl (C=O) groups is 2. The molecule has 0 spiro atoms. The number of nitrogens with one attached hydrogen (secondary N) is 1. The van der Waals surface area contributed by atoms with Crippen LogP contribution in [0.5, 0.6) is 0 Å². The molecule has 0 aliphatic rings. The quantitative estimate of drug-likeness (QED) is 0.0627. The Morgan fingerprint density at radius 3 is 1.31 bits per heavy atom. The fourth-order valence-corrected chi connectivity index (χ4v) is 6.98. The van der Waals surface area contributed by atoms with Crippen molar-refractivity contribution in [2.45, 2.75) is 225 Å². The number of aliphatic hydroxyl groups is 1. The summed E-state index contributed by atoms with van der Waals surface area (Å²) in [5.41, 5.74) is 7.99. The van der Waals surface area contributed by atoms with Crippen molar-refractivity contribution in [3.63, 3.8) is 0 Å². The van der Waals surface area contributed by atoms with Crippen LogP contribution in [0.2, 0.25) is 0 Å². The number of carbonyl (C=O) groups excluding carboxylic acids is 2. The van der Waals surface area contributed by atoms with Crippen LogP contribution in [0.3, 0.4) is 0 Å². The summed E-state index contributed by atoms with van der Waals surface area (Å²) in [6, 6.07) is 5.55. The van der Waals surface area contributed by atoms with E-state index in [-0.39, 0.29) is 18.4 Å². The summed E-state index contributed by atoms with van der Waals surface area (Å²) in [4.78, 5) is 25.2. The van der Waals surface area contributed by atoms with Gasteiger partial charge in [-0.1, -0.05) is 200 Å². The van der Waals surface area contributed by atoms with Gasteiger partial charge in [0.2, 0.25) is 11.8 Å². The number of unbranched alkanes of at least 4 members (excludes halogenated alkanes) is 27. The van der Waals surface area contributed by atoms with E-state index in [1.54, 1.807) is 6.07 Å². The van der Waals surface area contributed by atoms with Crippen LogP contribution in [0, 0.1) is 0 Å². The lowest BCUT2D eigenvalue weighted by atomic mass is 9.90. The molecule has 0 saturated heterocycles. The zero-order chi connectivity index (χ0) is 34.9. The van der Waals surface area contributed by atoms with Gasteiger partial charge in [0.1, 0.15) is 0 Å². The zero-order valence-electron chi connectivity index (χ0n) is 31.8. The van der Waals surface area contributed by atoms with Crippen LogP contribution in [-0.2, 0) is 16.2 Å². The minimum absolute atomic E-state index is 0.00617. The van der Waals surface area contributed by atoms with Gasteiger partial charge in [-0.15, -0.1) is 0 Å². The number of benzene rings is 1. The van der Waals surface area contributed by atoms with Gasteiger partial charge in [-0.3, -0.25) is 9.59 Å². The average Bonchev–Trinajstić information content (AvgIpc) is 3.07. The van der Waals surface area contributed by atoms with E-state index in [0.29, 0.717) is 24.1 Å². The summed E-state index contributed by atoms with van der Waals surface area (Å²) < 4.78 is 0. The minimum Gasteiger partial charge on any atom is -0.392 e. The number of hydrogen-bond acceptors (Lipinski definition) is 3. The molecule has 0 heterocycles. The lowest BCUT2D eigenvalue weighted by Gasteiger charge is -2.17. The highest BCUT2D eigenvalue weighted by Crippen LogP contribution is 2.27. The highest BCUT2D eigenvalue weighted by molar-refractivity contribution is 5.91. The monoisotopic (exact) mass is 671 g/mol. The SMILES string of the molecule is CCCCCCCCCCCCCCCCCC(=O)Nc1cc(CO)cc(C(CCCCCCCCCCCCCCCC)C(N)=O)c1. The Morgan fingerprint density at radius 1 is 0.562 bits per heavy atom. The molecule has 0 radical (unpaired) electrons. The number of hydrogen-bond donors (Lipinski definition) is 3. The van der Waals surface area contributed by atoms with Crippen LogP contribution in [-0.4, -0.2) is 16.9 Å². The molecule has 0 fully saturated rings. The molecule has 1 rings (SSSR count). The van der Waals surface area contributed by atoms with Crippen molar-refractivity contribution < 1.29 is 14.7 Å². The first-order valence-corrected chi connectivity index (χ1v) is 20.9. The van der Waals surface area contributed by atoms with Crippen molar-refractivity contribution in [3.8, 4) is 0 Å². The van der Waals surface area contributed by atoms with Crippen LogP contribution >= 0.6 is 0 Å². The van der Waals surface area contributed by atoms with Gasteiger partial charge in [0, 0.05) is 12.1 Å². The van der Waals surface area contributed by atoms with Crippen LogP contribution in [0.4, 0.5) is 5.69 Å². The molecule has 5 heteroatoms. The van der Waals surface area contributed by atoms with E-state index in [9.17, 15) is 14.7 Å². The van der Waals surface area contributed by atoms with Gasteiger partial charge >= 0.3 is 0 Å². The summed E-state index contributed by atoms with van der Waals surface area (Å²) in [6.07, 6.45) is 38.9. The molecule has 48 heavy (non-hydrogen) atoms. The van der Waals surface area contributed by atoms with Gasteiger partial charge in [0.05, 0.1) is 12.5 Å². The maximum Gasteiger partial charge on any atom is 0.224 e. The molecule has 1 unspecified atom stereocenters. The van der Waals surface area contributed by atoms with E-state index in [4.69, 9.17) is 5.73 Å². The fraction of sp³-hybridized carbons (Fsp3) is 0.814. The molecule has 5 nitrogen and oxygen atoms in total. The van der Waals surface area contributed by atoms with Gasteiger partial charge in [-0.25, -0.2) is 0 Å². The summed E-state index contributed by atoms with van der Waals surface area (Å²) in [5.74, 6) is -0.747. The van der Waals surface area contributed by atoms with Gasteiger partial charge in [0.25, 0.3) is 0 Å². The lowest BCUT2D eigenvalue weighted by molar-refractivity contribution is -0.119. The average molecular weight is 671 g/mol. The predicted octanol–water partition coefficient (Wildman–Crippen LogP) is 12.8. The third kappa shape index (κ3) is 25.1. The molecule has 278 valence electrons. The molecule has 2 amide bonds. The second kappa shape index (κ2) is 32.3. The Labute approximate surface area is 297 Å². The second-order valence-corrected chi connectivity index (χ2v) is 14.7. The molecule has 0 saturated carbocycles. The summed E-state index contributed by atoms with van der Waals surface area (Å²) in [5, 5.41) is 12.9. The highest BCUT2D eigenvalue weighted by atomic mass is 16.3. The Bertz CT molecular complexity index is 902. The number of rotatable bonds is 35. The summed E-state index contributed by atoms with van der Waals surface area (Å²) in [7, 11) is 0. The number of aliphatic hydroxyl groups excluding tert-OH is 1. The summed E-state index contributed by atoms with van der Waals surface area (Å²) in [6.45, 7) is 4.41. The molecule has 0 aromatic heterocycles. The normalized spacial score (nSPS) is 12.0. The molecule has 4 N–H and O–H groups in total. The third-order valence-corrected chi connectivity index (χ3v) is 10.1. The van der Waals surface area contributed by atoms with Crippen molar-refractivity contribution in [2.75, 3.05) is 5.32 Å². The Balaban J connectivity index is 2.23. The van der Waals surface area contributed by atoms with Crippen LogP contribution < -0.4 is 11.1 Å². The van der Waals surface area contributed by atoms with E-state index in [0.717, 1.165) is 31.2 Å². The Kier molecular flexibility index (Phi) is 29.7. The maximum atomic E-state index is 12.7. The fourth-order valence-electron chi connectivity index (χ4n) is 6.98. The molecule has 1 aromatic rings. The third-order valence-electron chi connectivity index (χ3n) is 10.1. The molecule has 0 aliphatic heterocycles. The highest BCUT2D eigenvalue weighted by Gasteiger charge is 2.19. The first-order chi connectivity index (χ1) is 23.5. The number of primary amides is 1. The van der Waals surface area contributed by atoms with E-state index in [2.05, 4.69) is 19.2 Å². The van der Waals surface area contributed by atoms with Gasteiger partial charge in [-0.05, 0) is 36.1 Å². The molecule has 1 aromatic carbocycles. The molecule has 0 aliphatic carbocycles. The van der Waals surface area contributed by atoms with Crippen molar-refractivity contribution >= 4 is 17.5 Å². The van der Waals surface area contributed by atoms with Crippen molar-refractivity contribution in [1.82, 2.24) is 0 Å². The van der Waals surface area contributed by atoms with Crippen molar-refractivity contribution in [3.05, 3.63) is 29.3 Å². The zero-order valence-corrected chi connectivity index (χ0v) is 31.8. The first-order valence-electron chi connectivity index (χ1n) is 20.9. The van der Waals surface area contributed by atoms with Gasteiger partial charge in [-0.2, -0.15) is 0 Å². The molecule has 1 atom stereocenters. The van der Waals surface area contributed by atoms with E-state index < -0.39 is 5.92 Å².